The second-order valence-corrected chi connectivity index (χ2v) is 9.10. The zero-order valence-electron chi connectivity index (χ0n) is 19.5. The zero-order valence-corrected chi connectivity index (χ0v) is 20.3. The average Bonchev–Trinajstić information content (AvgIpc) is 3.41. The molecular formula is C30H24N5S+. The number of nitrogens with one attached hydrogen (secondary N) is 1. The maximum Gasteiger partial charge on any atom is 0.171 e. The van der Waals surface area contributed by atoms with E-state index >= 15 is 0 Å². The molecule has 0 aliphatic heterocycles. The molecule has 0 fully saturated rings. The normalized spacial score (nSPS) is 11.0. The van der Waals surface area contributed by atoms with Crippen molar-refractivity contribution in [3.05, 3.63) is 137 Å². The fourth-order valence-electron chi connectivity index (χ4n) is 4.48. The molecule has 0 unspecified atom stereocenters. The van der Waals surface area contributed by atoms with Gasteiger partial charge in [0.05, 0.1) is 23.7 Å². The number of nitrogens with two attached hydrogens (primary N) is 1. The smallest absolute Gasteiger partial charge is 0.171 e. The van der Waals surface area contributed by atoms with Gasteiger partial charge in [-0.3, -0.25) is 5.41 Å². The molecule has 0 saturated heterocycles. The van der Waals surface area contributed by atoms with E-state index in [1.165, 1.54) is 11.3 Å². The van der Waals surface area contributed by atoms with E-state index in [1.807, 2.05) is 66.0 Å². The molecule has 0 aliphatic carbocycles. The van der Waals surface area contributed by atoms with Crippen LogP contribution < -0.4 is 10.7 Å². The molecule has 5 aromatic rings. The second kappa shape index (κ2) is 10.3. The first-order valence-electron chi connectivity index (χ1n) is 11.6. The first kappa shape index (κ1) is 23.2. The Morgan fingerprint density at radius 1 is 0.861 bits per heavy atom. The maximum atomic E-state index is 9.07. The van der Waals surface area contributed by atoms with Crippen LogP contribution in [0.15, 0.2) is 109 Å². The lowest BCUT2D eigenvalue weighted by molar-refractivity contribution is -0.104. The number of aromatic nitrogens is 2. The Balaban J connectivity index is 1.73. The number of hydrogen-bond donors (Lipinski definition) is 2. The van der Waals surface area contributed by atoms with Crippen LogP contribution in [0.5, 0.6) is 0 Å². The Bertz CT molecular complexity index is 1410. The van der Waals surface area contributed by atoms with Crippen molar-refractivity contribution in [2.75, 3.05) is 5.32 Å². The van der Waals surface area contributed by atoms with Crippen molar-refractivity contribution in [3.63, 3.8) is 0 Å². The molecule has 0 saturated carbocycles. The number of rotatable bonds is 8. The van der Waals surface area contributed by atoms with Gasteiger partial charge in [0, 0.05) is 17.1 Å². The molecule has 5 nitrogen and oxygen atoms in total. The van der Waals surface area contributed by atoms with Crippen LogP contribution in [0.2, 0.25) is 0 Å². The van der Waals surface area contributed by atoms with E-state index in [0.717, 1.165) is 38.5 Å². The summed E-state index contributed by atoms with van der Waals surface area (Å²) < 4.78 is 0. The van der Waals surface area contributed by atoms with Crippen molar-refractivity contribution in [1.29, 1.82) is 5.26 Å². The fourth-order valence-corrected chi connectivity index (χ4v) is 5.34. The molecular weight excluding hydrogens is 462 g/mol. The van der Waals surface area contributed by atoms with Gasteiger partial charge in [-0.1, -0.05) is 91.0 Å². The minimum atomic E-state index is -0.734. The van der Waals surface area contributed by atoms with Crippen LogP contribution in [0.1, 0.15) is 27.9 Å². The minimum Gasteiger partial charge on any atom is -0.352 e. The summed E-state index contributed by atoms with van der Waals surface area (Å²) >= 11 is 1.49. The van der Waals surface area contributed by atoms with Crippen molar-refractivity contribution in [1.82, 2.24) is 9.97 Å². The minimum absolute atomic E-state index is 0.271. The van der Waals surface area contributed by atoms with Crippen molar-refractivity contribution < 1.29 is 5.41 Å². The summed E-state index contributed by atoms with van der Waals surface area (Å²) in [7, 11) is 0. The highest BCUT2D eigenvalue weighted by Gasteiger charge is 2.37. The molecule has 0 bridgehead atoms. The lowest BCUT2D eigenvalue weighted by Gasteiger charge is -2.37. The van der Waals surface area contributed by atoms with Gasteiger partial charge in [-0.05, 0) is 22.8 Å². The number of nitrogens with zero attached hydrogens (tertiary/aromatic N) is 3. The Morgan fingerprint density at radius 3 is 1.92 bits per heavy atom. The summed E-state index contributed by atoms with van der Waals surface area (Å²) in [6.07, 6.45) is 3.61. The Kier molecular flexibility index (Phi) is 6.65. The van der Waals surface area contributed by atoms with E-state index in [-0.39, 0.29) is 6.42 Å². The topological polar surface area (TPSA) is 87.2 Å². The van der Waals surface area contributed by atoms with Gasteiger partial charge in [0.15, 0.2) is 6.21 Å². The number of anilines is 1. The third-order valence-corrected chi connectivity index (χ3v) is 7.05. The Morgan fingerprint density at radius 2 is 1.42 bits per heavy atom. The van der Waals surface area contributed by atoms with Gasteiger partial charge in [0.2, 0.25) is 0 Å². The average molecular weight is 487 g/mol. The lowest BCUT2D eigenvalue weighted by Crippen LogP contribution is -2.39. The summed E-state index contributed by atoms with van der Waals surface area (Å²) in [5.74, 6) is 0.642. The predicted octanol–water partition coefficient (Wildman–Crippen LogP) is 4.85. The predicted molar refractivity (Wildman–Crippen MR) is 145 cm³/mol. The number of thiazole rings is 1. The van der Waals surface area contributed by atoms with E-state index in [9.17, 15) is 0 Å². The third kappa shape index (κ3) is 4.28. The van der Waals surface area contributed by atoms with Crippen LogP contribution >= 0.6 is 11.3 Å². The van der Waals surface area contributed by atoms with Crippen LogP contribution in [0.25, 0.3) is 10.6 Å². The van der Waals surface area contributed by atoms with Crippen LogP contribution in [-0.2, 0) is 12.0 Å². The molecule has 0 spiro atoms. The standard InChI is InChI=1S/C30H23N5S/c31-18-16-25-21-36-29(34-25)26-17-19-33-28(27(26)20-32)35-30(22-10-4-1-5-11-22,23-12-6-2-7-13-23)24-14-8-3-9-15-24/h1-15,17,19-21,32H,16H2,(H,33,35)/p+1. The molecule has 5 rings (SSSR count). The number of benzene rings is 3. The van der Waals surface area contributed by atoms with Gasteiger partial charge in [-0.25, -0.2) is 9.97 Å². The van der Waals surface area contributed by atoms with Gasteiger partial charge in [0.1, 0.15) is 16.4 Å². The zero-order chi connectivity index (χ0) is 24.8. The van der Waals surface area contributed by atoms with Crippen molar-refractivity contribution in [2.24, 2.45) is 0 Å². The van der Waals surface area contributed by atoms with Gasteiger partial charge >= 0.3 is 0 Å². The second-order valence-electron chi connectivity index (χ2n) is 8.24. The van der Waals surface area contributed by atoms with E-state index < -0.39 is 5.54 Å². The van der Waals surface area contributed by atoms with E-state index in [2.05, 4.69) is 52.8 Å². The molecule has 0 aliphatic rings. The summed E-state index contributed by atoms with van der Waals surface area (Å²) in [5.41, 5.74) is 4.85. The first-order chi connectivity index (χ1) is 17.8. The van der Waals surface area contributed by atoms with Crippen molar-refractivity contribution in [3.8, 4) is 16.6 Å². The Labute approximate surface area is 214 Å². The number of nitriles is 1. The SMILES string of the molecule is N#CCc1csc(-c2ccnc(NC(c3ccccc3)(c3ccccc3)c3ccccc3)c2C=[NH2+])n1. The summed E-state index contributed by atoms with van der Waals surface area (Å²) in [4.78, 5) is 9.40. The Hall–Kier alpha value is -4.60. The summed E-state index contributed by atoms with van der Waals surface area (Å²) in [6.45, 7) is 0. The molecule has 0 amide bonds. The molecule has 0 radical (unpaired) electrons. The highest BCUT2D eigenvalue weighted by atomic mass is 32.1. The summed E-state index contributed by atoms with van der Waals surface area (Å²) in [5, 5.41) is 21.8. The van der Waals surface area contributed by atoms with Gasteiger partial charge in [-0.15, -0.1) is 11.3 Å². The van der Waals surface area contributed by atoms with Crippen molar-refractivity contribution in [2.45, 2.75) is 12.0 Å². The third-order valence-electron chi connectivity index (χ3n) is 6.13. The lowest BCUT2D eigenvalue weighted by atomic mass is 9.77. The van der Waals surface area contributed by atoms with Crippen LogP contribution in [-0.4, -0.2) is 16.2 Å². The van der Waals surface area contributed by atoms with Gasteiger partial charge in [-0.2, -0.15) is 5.26 Å². The van der Waals surface area contributed by atoms with E-state index in [4.69, 9.17) is 15.7 Å². The molecule has 6 heteroatoms. The van der Waals surface area contributed by atoms with E-state index in [0.29, 0.717) is 5.82 Å². The molecule has 2 aromatic heterocycles. The van der Waals surface area contributed by atoms with Crippen LogP contribution in [0, 0.1) is 11.3 Å². The fraction of sp³-hybridized carbons (Fsp3) is 0.0667. The number of hydrogen-bond acceptors (Lipinski definition) is 5. The molecule has 3 aromatic carbocycles. The monoisotopic (exact) mass is 486 g/mol. The number of pyridine rings is 1. The molecule has 36 heavy (non-hydrogen) atoms. The van der Waals surface area contributed by atoms with Gasteiger partial charge in [0.25, 0.3) is 0 Å². The maximum absolute atomic E-state index is 9.07. The quantitative estimate of drug-likeness (QED) is 0.242. The highest BCUT2D eigenvalue weighted by molar-refractivity contribution is 7.13. The molecule has 3 N–H and O–H groups in total. The van der Waals surface area contributed by atoms with E-state index in [1.54, 1.807) is 12.4 Å². The van der Waals surface area contributed by atoms with Gasteiger partial charge < -0.3 is 5.32 Å². The largest absolute Gasteiger partial charge is 0.352 e. The highest BCUT2D eigenvalue weighted by Crippen LogP contribution is 2.41. The molecule has 174 valence electrons. The molecule has 2 heterocycles. The van der Waals surface area contributed by atoms with Crippen LogP contribution in [0.4, 0.5) is 5.82 Å². The van der Waals surface area contributed by atoms with Crippen LogP contribution in [0.3, 0.4) is 0 Å². The van der Waals surface area contributed by atoms with Crippen molar-refractivity contribution >= 4 is 23.4 Å². The summed E-state index contributed by atoms with van der Waals surface area (Å²) in [6, 6.07) is 35.1. The molecule has 0 atom stereocenters. The first-order valence-corrected chi connectivity index (χ1v) is 12.4.